The average molecular weight is 289 g/mol. The van der Waals surface area contributed by atoms with E-state index in [9.17, 15) is 0 Å². The Hall–Kier alpha value is 0.1000. The van der Waals surface area contributed by atoms with Gasteiger partial charge < -0.3 is 10.6 Å². The van der Waals surface area contributed by atoms with Crippen LogP contribution < -0.4 is 10.6 Å². The molecule has 0 saturated carbocycles. The fourth-order valence-electron chi connectivity index (χ4n) is 2.02. The molecule has 1 aromatic rings. The first-order chi connectivity index (χ1) is 7.18. The molecule has 2 N–H and O–H groups in total. The van der Waals surface area contributed by atoms with Gasteiger partial charge in [0.15, 0.2) is 0 Å². The number of rotatable bonds is 4. The van der Waals surface area contributed by atoms with Crippen molar-refractivity contribution in [1.29, 1.82) is 0 Å². The number of hydrogen-bond donors (Lipinski definition) is 2. The monoisotopic (exact) mass is 288 g/mol. The first kappa shape index (κ1) is 11.6. The molecule has 0 radical (unpaired) electrons. The van der Waals surface area contributed by atoms with Gasteiger partial charge in [0.25, 0.3) is 0 Å². The Kier molecular flexibility index (Phi) is 3.83. The van der Waals surface area contributed by atoms with Crippen molar-refractivity contribution in [3.63, 3.8) is 0 Å². The van der Waals surface area contributed by atoms with Crippen LogP contribution in [0.3, 0.4) is 0 Å². The molecule has 1 aliphatic rings. The van der Waals surface area contributed by atoms with E-state index in [1.54, 1.807) is 11.3 Å². The van der Waals surface area contributed by atoms with Gasteiger partial charge in [-0.15, -0.1) is 11.3 Å². The van der Waals surface area contributed by atoms with E-state index in [0.29, 0.717) is 5.54 Å². The number of nitrogens with one attached hydrogen (secondary N) is 2. The molecular weight excluding hydrogens is 272 g/mol. The van der Waals surface area contributed by atoms with Crippen LogP contribution in [0, 0.1) is 0 Å². The van der Waals surface area contributed by atoms with Gasteiger partial charge in [-0.25, -0.2) is 0 Å². The predicted molar refractivity (Wildman–Crippen MR) is 69.4 cm³/mol. The molecule has 15 heavy (non-hydrogen) atoms. The Labute approximate surface area is 104 Å². The van der Waals surface area contributed by atoms with E-state index in [2.05, 4.69) is 45.6 Å². The van der Waals surface area contributed by atoms with E-state index in [4.69, 9.17) is 0 Å². The van der Waals surface area contributed by atoms with Crippen molar-refractivity contribution in [2.75, 3.05) is 13.1 Å². The third kappa shape index (κ3) is 3.28. The zero-order valence-corrected chi connectivity index (χ0v) is 11.4. The summed E-state index contributed by atoms with van der Waals surface area (Å²) >= 11 is 5.28. The molecule has 1 unspecified atom stereocenters. The third-order valence-electron chi connectivity index (χ3n) is 2.90. The topological polar surface area (TPSA) is 24.1 Å². The van der Waals surface area contributed by atoms with Crippen LogP contribution in [0.15, 0.2) is 15.9 Å². The van der Waals surface area contributed by atoms with Crippen molar-refractivity contribution in [1.82, 2.24) is 10.6 Å². The molecule has 0 amide bonds. The Morgan fingerprint density at radius 2 is 2.47 bits per heavy atom. The maximum atomic E-state index is 3.56. The van der Waals surface area contributed by atoms with Crippen molar-refractivity contribution in [3.8, 4) is 0 Å². The second kappa shape index (κ2) is 4.95. The average Bonchev–Trinajstić information content (AvgIpc) is 2.76. The minimum absolute atomic E-state index is 0.314. The summed E-state index contributed by atoms with van der Waals surface area (Å²) in [7, 11) is 0. The molecule has 1 fully saturated rings. The Balaban J connectivity index is 1.75. The molecule has 0 spiro atoms. The summed E-state index contributed by atoms with van der Waals surface area (Å²) in [6, 6.07) is 4.28. The van der Waals surface area contributed by atoms with Crippen LogP contribution in [-0.2, 0) is 6.54 Å². The van der Waals surface area contributed by atoms with Crippen LogP contribution in [-0.4, -0.2) is 18.6 Å². The molecule has 2 rings (SSSR count). The van der Waals surface area contributed by atoms with E-state index in [0.717, 1.165) is 13.1 Å². The lowest BCUT2D eigenvalue weighted by molar-refractivity contribution is 0.386. The van der Waals surface area contributed by atoms with Crippen molar-refractivity contribution >= 4 is 27.3 Å². The van der Waals surface area contributed by atoms with Crippen molar-refractivity contribution in [2.24, 2.45) is 0 Å². The summed E-state index contributed by atoms with van der Waals surface area (Å²) < 4.78 is 1.21. The van der Waals surface area contributed by atoms with Crippen molar-refractivity contribution in [3.05, 3.63) is 20.8 Å². The standard InChI is InChI=1S/C11H17BrN2S/c1-11(5-2-6-14-11)8-13-7-9-3-4-10(12)15-9/h3-4,13-14H,2,5-8H2,1H3. The van der Waals surface area contributed by atoms with E-state index in [1.165, 1.54) is 28.0 Å². The van der Waals surface area contributed by atoms with Gasteiger partial charge in [-0.3, -0.25) is 0 Å². The van der Waals surface area contributed by atoms with Gasteiger partial charge in [0.05, 0.1) is 3.79 Å². The van der Waals surface area contributed by atoms with Crippen LogP contribution in [0.4, 0.5) is 0 Å². The highest BCUT2D eigenvalue weighted by Crippen LogP contribution is 2.22. The fraction of sp³-hybridized carbons (Fsp3) is 0.636. The second-order valence-corrected chi connectivity index (χ2v) is 6.95. The highest BCUT2D eigenvalue weighted by molar-refractivity contribution is 9.11. The van der Waals surface area contributed by atoms with Crippen LogP contribution in [0.2, 0.25) is 0 Å². The largest absolute Gasteiger partial charge is 0.310 e. The van der Waals surface area contributed by atoms with Crippen molar-refractivity contribution in [2.45, 2.75) is 31.8 Å². The summed E-state index contributed by atoms with van der Waals surface area (Å²) in [5, 5.41) is 7.08. The molecule has 0 aromatic carbocycles. The summed E-state index contributed by atoms with van der Waals surface area (Å²) in [6.07, 6.45) is 2.59. The molecule has 4 heteroatoms. The predicted octanol–water partition coefficient (Wildman–Crippen LogP) is 2.74. The lowest BCUT2D eigenvalue weighted by atomic mass is 10.0. The number of thiophene rings is 1. The summed E-state index contributed by atoms with van der Waals surface area (Å²) in [6.45, 7) is 5.51. The summed E-state index contributed by atoms with van der Waals surface area (Å²) in [5.74, 6) is 0. The van der Waals surface area contributed by atoms with E-state index in [1.807, 2.05) is 0 Å². The van der Waals surface area contributed by atoms with E-state index >= 15 is 0 Å². The third-order valence-corrected chi connectivity index (χ3v) is 4.52. The summed E-state index contributed by atoms with van der Waals surface area (Å²) in [4.78, 5) is 1.39. The van der Waals surface area contributed by atoms with E-state index in [-0.39, 0.29) is 0 Å². The molecule has 2 nitrogen and oxygen atoms in total. The molecule has 0 aliphatic carbocycles. The smallest absolute Gasteiger partial charge is 0.0701 e. The van der Waals surface area contributed by atoms with Gasteiger partial charge in [-0.05, 0) is 54.4 Å². The molecule has 0 bridgehead atoms. The van der Waals surface area contributed by atoms with Gasteiger partial charge >= 0.3 is 0 Å². The lowest BCUT2D eigenvalue weighted by Gasteiger charge is -2.24. The summed E-state index contributed by atoms with van der Waals surface area (Å²) in [5.41, 5.74) is 0.314. The highest BCUT2D eigenvalue weighted by Gasteiger charge is 2.26. The minimum atomic E-state index is 0.314. The first-order valence-corrected chi connectivity index (χ1v) is 6.99. The Bertz CT molecular complexity index is 318. The first-order valence-electron chi connectivity index (χ1n) is 5.38. The Morgan fingerprint density at radius 3 is 3.07 bits per heavy atom. The molecule has 1 atom stereocenters. The van der Waals surface area contributed by atoms with Gasteiger partial charge in [-0.2, -0.15) is 0 Å². The lowest BCUT2D eigenvalue weighted by Crippen LogP contribution is -2.45. The molecule has 2 heterocycles. The zero-order valence-electron chi connectivity index (χ0n) is 8.98. The quantitative estimate of drug-likeness (QED) is 0.890. The van der Waals surface area contributed by atoms with Crippen LogP contribution >= 0.6 is 27.3 Å². The van der Waals surface area contributed by atoms with Gasteiger partial charge in [-0.1, -0.05) is 0 Å². The van der Waals surface area contributed by atoms with E-state index < -0.39 is 0 Å². The molecule has 84 valence electrons. The van der Waals surface area contributed by atoms with Crippen LogP contribution in [0.25, 0.3) is 0 Å². The number of hydrogen-bond acceptors (Lipinski definition) is 3. The van der Waals surface area contributed by atoms with Crippen LogP contribution in [0.1, 0.15) is 24.6 Å². The Morgan fingerprint density at radius 1 is 1.60 bits per heavy atom. The van der Waals surface area contributed by atoms with Gasteiger partial charge in [0.1, 0.15) is 0 Å². The molecular formula is C11H17BrN2S. The maximum absolute atomic E-state index is 3.56. The van der Waals surface area contributed by atoms with Gasteiger partial charge in [0.2, 0.25) is 0 Å². The molecule has 1 saturated heterocycles. The maximum Gasteiger partial charge on any atom is 0.0701 e. The van der Waals surface area contributed by atoms with Crippen LogP contribution in [0.5, 0.6) is 0 Å². The van der Waals surface area contributed by atoms with Crippen molar-refractivity contribution < 1.29 is 0 Å². The minimum Gasteiger partial charge on any atom is -0.310 e. The molecule has 1 aromatic heterocycles. The second-order valence-electron chi connectivity index (χ2n) is 4.40. The van der Waals surface area contributed by atoms with Gasteiger partial charge in [0, 0.05) is 23.5 Å². The number of halogens is 1. The normalized spacial score (nSPS) is 26.0. The zero-order chi connectivity index (χ0) is 10.7. The SMILES string of the molecule is CC1(CNCc2ccc(Br)s2)CCCN1. The highest BCUT2D eigenvalue weighted by atomic mass is 79.9. The molecule has 1 aliphatic heterocycles. The fourth-order valence-corrected chi connectivity index (χ4v) is 3.47.